The van der Waals surface area contributed by atoms with Crippen LogP contribution in [0.5, 0.6) is 5.75 Å². The van der Waals surface area contributed by atoms with Gasteiger partial charge in [0.1, 0.15) is 28.5 Å². The molecule has 1 aliphatic rings. The number of nitrogens with zero attached hydrogens (tertiary/aromatic N) is 4. The minimum Gasteiger partial charge on any atom is -0.497 e. The fourth-order valence-corrected chi connectivity index (χ4v) is 6.31. The van der Waals surface area contributed by atoms with Crippen LogP contribution in [0.2, 0.25) is 0 Å². The van der Waals surface area contributed by atoms with Crippen molar-refractivity contribution in [2.24, 2.45) is 0 Å². The predicted octanol–water partition coefficient (Wildman–Crippen LogP) is 4.02. The summed E-state index contributed by atoms with van der Waals surface area (Å²) in [6.07, 6.45) is 1.53. The van der Waals surface area contributed by atoms with E-state index in [1.54, 1.807) is 43.5 Å². The first kappa shape index (κ1) is 21.7. The molecule has 0 unspecified atom stereocenters. The molecule has 170 valence electrons. The van der Waals surface area contributed by atoms with Crippen molar-refractivity contribution < 1.29 is 17.5 Å². The molecular formula is C23H21FN4O3S2. The molecule has 2 aromatic carbocycles. The second kappa shape index (κ2) is 8.69. The minimum absolute atomic E-state index is 0.248. The van der Waals surface area contributed by atoms with Gasteiger partial charge in [-0.2, -0.15) is 4.31 Å². The summed E-state index contributed by atoms with van der Waals surface area (Å²) in [5, 5.41) is 2.90. The van der Waals surface area contributed by atoms with Crippen molar-refractivity contribution >= 4 is 37.4 Å². The largest absolute Gasteiger partial charge is 0.497 e. The van der Waals surface area contributed by atoms with Gasteiger partial charge < -0.3 is 9.64 Å². The molecule has 0 spiro atoms. The van der Waals surface area contributed by atoms with Gasteiger partial charge in [0.15, 0.2) is 0 Å². The molecule has 1 fully saturated rings. The molecule has 33 heavy (non-hydrogen) atoms. The SMILES string of the molecule is COc1ccc(S(=O)(=O)N2CCN(c3ncnc4scc(-c5ccc(F)cc5)c34)CC2)cc1. The summed E-state index contributed by atoms with van der Waals surface area (Å²) in [5.41, 5.74) is 1.83. The number of methoxy groups -OCH3 is 1. The minimum atomic E-state index is -3.59. The highest BCUT2D eigenvalue weighted by Gasteiger charge is 2.30. The second-order valence-electron chi connectivity index (χ2n) is 7.60. The van der Waals surface area contributed by atoms with Crippen molar-refractivity contribution in [2.75, 3.05) is 38.2 Å². The van der Waals surface area contributed by atoms with Crippen molar-refractivity contribution in [3.8, 4) is 16.9 Å². The Morgan fingerprint density at radius 1 is 0.970 bits per heavy atom. The first-order chi connectivity index (χ1) is 16.0. The molecule has 0 bridgehead atoms. The fraction of sp³-hybridized carbons (Fsp3) is 0.217. The van der Waals surface area contributed by atoms with E-state index >= 15 is 0 Å². The third kappa shape index (κ3) is 4.05. The van der Waals surface area contributed by atoms with Gasteiger partial charge in [0.2, 0.25) is 10.0 Å². The molecule has 0 N–H and O–H groups in total. The smallest absolute Gasteiger partial charge is 0.243 e. The van der Waals surface area contributed by atoms with E-state index < -0.39 is 10.0 Å². The number of anilines is 1. The average molecular weight is 485 g/mol. The van der Waals surface area contributed by atoms with Gasteiger partial charge in [-0.3, -0.25) is 0 Å². The quantitative estimate of drug-likeness (QED) is 0.426. The van der Waals surface area contributed by atoms with Crippen LogP contribution in [0.3, 0.4) is 0 Å². The first-order valence-corrected chi connectivity index (χ1v) is 12.7. The van der Waals surface area contributed by atoms with Gasteiger partial charge in [-0.15, -0.1) is 11.3 Å². The van der Waals surface area contributed by atoms with Gasteiger partial charge in [-0.25, -0.2) is 22.8 Å². The van der Waals surface area contributed by atoms with Gasteiger partial charge >= 0.3 is 0 Å². The molecule has 3 heterocycles. The zero-order chi connectivity index (χ0) is 23.0. The van der Waals surface area contributed by atoms with Crippen LogP contribution in [0.4, 0.5) is 10.2 Å². The second-order valence-corrected chi connectivity index (χ2v) is 10.4. The Labute approximate surface area is 195 Å². The van der Waals surface area contributed by atoms with Crippen molar-refractivity contribution in [2.45, 2.75) is 4.90 Å². The molecule has 7 nitrogen and oxygen atoms in total. The Balaban J connectivity index is 1.40. The van der Waals surface area contributed by atoms with Crippen LogP contribution < -0.4 is 9.64 Å². The third-order valence-electron chi connectivity index (χ3n) is 5.74. The van der Waals surface area contributed by atoms with Crippen molar-refractivity contribution in [1.29, 1.82) is 0 Å². The lowest BCUT2D eigenvalue weighted by Gasteiger charge is -2.35. The number of aromatic nitrogens is 2. The summed E-state index contributed by atoms with van der Waals surface area (Å²) in [5.74, 6) is 1.09. The number of halogens is 1. The van der Waals surface area contributed by atoms with Crippen LogP contribution in [-0.4, -0.2) is 56.0 Å². The summed E-state index contributed by atoms with van der Waals surface area (Å²) in [7, 11) is -2.05. The van der Waals surface area contributed by atoms with Crippen LogP contribution in [0.15, 0.2) is 65.1 Å². The highest BCUT2D eigenvalue weighted by Crippen LogP contribution is 2.38. The normalized spacial score (nSPS) is 15.2. The molecule has 0 radical (unpaired) electrons. The maximum absolute atomic E-state index is 13.4. The molecular weight excluding hydrogens is 463 g/mol. The molecule has 0 saturated carbocycles. The van der Waals surface area contributed by atoms with E-state index in [2.05, 4.69) is 14.9 Å². The number of piperazine rings is 1. The van der Waals surface area contributed by atoms with E-state index in [-0.39, 0.29) is 10.7 Å². The van der Waals surface area contributed by atoms with Gasteiger partial charge in [-0.1, -0.05) is 12.1 Å². The van der Waals surface area contributed by atoms with E-state index in [4.69, 9.17) is 4.74 Å². The van der Waals surface area contributed by atoms with Gasteiger partial charge in [0, 0.05) is 37.1 Å². The number of benzene rings is 2. The maximum atomic E-state index is 13.4. The fourth-order valence-electron chi connectivity index (χ4n) is 3.98. The summed E-state index contributed by atoms with van der Waals surface area (Å²) in [6.45, 7) is 1.69. The summed E-state index contributed by atoms with van der Waals surface area (Å²) in [6, 6.07) is 12.8. The zero-order valence-electron chi connectivity index (χ0n) is 17.8. The molecule has 5 rings (SSSR count). The van der Waals surface area contributed by atoms with E-state index in [0.29, 0.717) is 31.9 Å². The summed E-state index contributed by atoms with van der Waals surface area (Å²) in [4.78, 5) is 12.1. The molecule has 4 aromatic rings. The first-order valence-electron chi connectivity index (χ1n) is 10.3. The number of sulfonamides is 1. The number of thiophene rings is 1. The van der Waals surface area contributed by atoms with E-state index in [1.165, 1.54) is 34.1 Å². The standard InChI is InChI=1S/C23H21FN4O3S2/c1-31-18-6-8-19(9-7-18)33(29,30)28-12-10-27(11-13-28)22-21-20(14-32-23(21)26-15-25-22)16-2-4-17(24)5-3-16/h2-9,14-15H,10-13H2,1H3. The number of rotatable bonds is 5. The average Bonchev–Trinajstić information content (AvgIpc) is 3.29. The van der Waals surface area contributed by atoms with Crippen LogP contribution in [0.1, 0.15) is 0 Å². The summed E-state index contributed by atoms with van der Waals surface area (Å²) < 4.78 is 46.2. The number of ether oxygens (including phenoxy) is 1. The van der Waals surface area contributed by atoms with E-state index in [1.807, 2.05) is 5.38 Å². The van der Waals surface area contributed by atoms with Crippen LogP contribution in [0, 0.1) is 5.82 Å². The van der Waals surface area contributed by atoms with Crippen molar-refractivity contribution in [3.05, 3.63) is 66.1 Å². The third-order valence-corrected chi connectivity index (χ3v) is 8.54. The Morgan fingerprint density at radius 3 is 2.33 bits per heavy atom. The molecule has 0 aliphatic carbocycles. The Kier molecular flexibility index (Phi) is 5.73. The highest BCUT2D eigenvalue weighted by atomic mass is 32.2. The molecule has 10 heteroatoms. The summed E-state index contributed by atoms with van der Waals surface area (Å²) >= 11 is 1.51. The van der Waals surface area contributed by atoms with Gasteiger partial charge in [0.25, 0.3) is 0 Å². The van der Waals surface area contributed by atoms with Crippen LogP contribution in [-0.2, 0) is 10.0 Å². The number of fused-ring (bicyclic) bond motifs is 1. The van der Waals surface area contributed by atoms with Crippen molar-refractivity contribution in [1.82, 2.24) is 14.3 Å². The Hall–Kier alpha value is -3.08. The zero-order valence-corrected chi connectivity index (χ0v) is 19.4. The van der Waals surface area contributed by atoms with E-state index in [0.717, 1.165) is 27.2 Å². The molecule has 1 aliphatic heterocycles. The van der Waals surface area contributed by atoms with Crippen molar-refractivity contribution in [3.63, 3.8) is 0 Å². The highest BCUT2D eigenvalue weighted by molar-refractivity contribution is 7.89. The lowest BCUT2D eigenvalue weighted by atomic mass is 10.1. The number of hydrogen-bond donors (Lipinski definition) is 0. The van der Waals surface area contributed by atoms with E-state index in [9.17, 15) is 12.8 Å². The van der Waals surface area contributed by atoms with Gasteiger partial charge in [-0.05, 0) is 42.0 Å². The maximum Gasteiger partial charge on any atom is 0.243 e. The van der Waals surface area contributed by atoms with Crippen LogP contribution in [0.25, 0.3) is 21.3 Å². The Bertz CT molecular complexity index is 1380. The lowest BCUT2D eigenvalue weighted by Crippen LogP contribution is -2.49. The molecule has 0 atom stereocenters. The lowest BCUT2D eigenvalue weighted by molar-refractivity contribution is 0.384. The molecule has 1 saturated heterocycles. The number of hydrogen-bond acceptors (Lipinski definition) is 7. The topological polar surface area (TPSA) is 75.6 Å². The predicted molar refractivity (Wildman–Crippen MR) is 127 cm³/mol. The monoisotopic (exact) mass is 484 g/mol. The molecule has 0 amide bonds. The van der Waals surface area contributed by atoms with Crippen LogP contribution >= 0.6 is 11.3 Å². The Morgan fingerprint density at radius 2 is 1.67 bits per heavy atom. The molecule has 2 aromatic heterocycles. The van der Waals surface area contributed by atoms with Gasteiger partial charge in [0.05, 0.1) is 17.4 Å².